The molecule has 0 aliphatic heterocycles. The molecule has 0 bridgehead atoms. The molecule has 0 N–H and O–H groups in total. The lowest BCUT2D eigenvalue weighted by Gasteiger charge is -2.00. The van der Waals surface area contributed by atoms with Gasteiger partial charge < -0.3 is 0 Å². The molecule has 0 saturated heterocycles. The molecule has 0 amide bonds. The second kappa shape index (κ2) is 5.82. The summed E-state index contributed by atoms with van der Waals surface area (Å²) in [6.07, 6.45) is 0. The fourth-order valence-electron chi connectivity index (χ4n) is 2.20. The first kappa shape index (κ1) is 13.9. The standard InChI is InChI=1S/C16H9BrS4/c17-14-13(10-4-1-7-18-10)15(11-5-2-8-19-11)21-16(14)12-6-3-9-20-12/h1-9H. The summed E-state index contributed by atoms with van der Waals surface area (Å²) in [4.78, 5) is 6.68. The predicted molar refractivity (Wildman–Crippen MR) is 102 cm³/mol. The van der Waals surface area contributed by atoms with Gasteiger partial charge in [0.25, 0.3) is 0 Å². The summed E-state index contributed by atoms with van der Waals surface area (Å²) in [5, 5.41) is 6.42. The Bertz CT molecular complexity index is 837. The van der Waals surface area contributed by atoms with Gasteiger partial charge in [-0.1, -0.05) is 18.2 Å². The molecule has 0 fully saturated rings. The minimum Gasteiger partial charge on any atom is -0.144 e. The molecule has 4 rings (SSSR count). The average molecular weight is 409 g/mol. The van der Waals surface area contributed by atoms with Gasteiger partial charge in [-0.25, -0.2) is 0 Å². The van der Waals surface area contributed by atoms with E-state index in [0.29, 0.717) is 0 Å². The molecular formula is C16H9BrS4. The van der Waals surface area contributed by atoms with Gasteiger partial charge in [0.2, 0.25) is 0 Å². The lowest BCUT2D eigenvalue weighted by atomic mass is 10.2. The van der Waals surface area contributed by atoms with E-state index in [2.05, 4.69) is 68.5 Å². The molecule has 4 heterocycles. The average Bonchev–Trinajstić information content (AvgIpc) is 3.27. The first-order valence-corrected chi connectivity index (χ1v) is 10.5. The molecule has 0 atom stereocenters. The van der Waals surface area contributed by atoms with Crippen molar-refractivity contribution in [2.75, 3.05) is 0 Å². The molecule has 4 aromatic rings. The summed E-state index contributed by atoms with van der Waals surface area (Å²) in [5.41, 5.74) is 1.33. The van der Waals surface area contributed by atoms with Crippen LogP contribution in [0.2, 0.25) is 0 Å². The molecule has 0 radical (unpaired) electrons. The Kier molecular flexibility index (Phi) is 3.85. The molecule has 0 aliphatic carbocycles. The molecule has 0 unspecified atom stereocenters. The van der Waals surface area contributed by atoms with Gasteiger partial charge in [-0.15, -0.1) is 45.3 Å². The fourth-order valence-corrected chi connectivity index (χ4v) is 7.23. The molecule has 0 aromatic carbocycles. The third-order valence-corrected chi connectivity index (χ3v) is 8.34. The third kappa shape index (κ3) is 2.47. The van der Waals surface area contributed by atoms with Gasteiger partial charge in [0.15, 0.2) is 0 Å². The van der Waals surface area contributed by atoms with Crippen LogP contribution in [0.1, 0.15) is 0 Å². The molecule has 5 heteroatoms. The number of hydrogen-bond acceptors (Lipinski definition) is 4. The smallest absolute Gasteiger partial charge is 0.0598 e. The molecule has 0 nitrogen and oxygen atoms in total. The number of halogens is 1. The summed E-state index contributed by atoms with van der Waals surface area (Å²) in [6, 6.07) is 13.0. The van der Waals surface area contributed by atoms with Crippen LogP contribution >= 0.6 is 61.3 Å². The van der Waals surface area contributed by atoms with Crippen molar-refractivity contribution in [2.45, 2.75) is 0 Å². The molecule has 0 saturated carbocycles. The fraction of sp³-hybridized carbons (Fsp3) is 0. The van der Waals surface area contributed by atoms with E-state index in [4.69, 9.17) is 0 Å². The van der Waals surface area contributed by atoms with Crippen LogP contribution in [-0.4, -0.2) is 0 Å². The summed E-state index contributed by atoms with van der Waals surface area (Å²) in [7, 11) is 0. The largest absolute Gasteiger partial charge is 0.144 e. The number of rotatable bonds is 3. The minimum atomic E-state index is 1.22. The Labute approximate surface area is 147 Å². The van der Waals surface area contributed by atoms with Crippen molar-refractivity contribution in [3.05, 3.63) is 57.0 Å². The van der Waals surface area contributed by atoms with E-state index in [1.165, 1.54) is 34.4 Å². The van der Waals surface area contributed by atoms with E-state index in [1.807, 2.05) is 11.3 Å². The van der Waals surface area contributed by atoms with Gasteiger partial charge in [0, 0.05) is 24.7 Å². The molecule has 0 aliphatic rings. The predicted octanol–water partition coefficient (Wildman–Crippen LogP) is 7.70. The van der Waals surface area contributed by atoms with Crippen LogP contribution in [0.15, 0.2) is 57.0 Å². The maximum absolute atomic E-state index is 3.86. The van der Waals surface area contributed by atoms with Crippen LogP contribution in [0.4, 0.5) is 0 Å². The van der Waals surface area contributed by atoms with Crippen molar-refractivity contribution in [3.63, 3.8) is 0 Å². The molecule has 21 heavy (non-hydrogen) atoms. The Morgan fingerprint density at radius 3 is 1.71 bits per heavy atom. The highest BCUT2D eigenvalue weighted by molar-refractivity contribution is 9.10. The second-order valence-electron chi connectivity index (χ2n) is 4.38. The van der Waals surface area contributed by atoms with Crippen molar-refractivity contribution in [3.8, 4) is 29.9 Å². The van der Waals surface area contributed by atoms with Gasteiger partial charge in [0.05, 0.1) is 9.75 Å². The third-order valence-electron chi connectivity index (χ3n) is 3.11. The summed E-state index contributed by atoms with van der Waals surface area (Å²) >= 11 is 11.1. The zero-order chi connectivity index (χ0) is 14.2. The van der Waals surface area contributed by atoms with E-state index in [0.717, 1.165) is 0 Å². The normalized spacial score (nSPS) is 11.1. The van der Waals surface area contributed by atoms with E-state index < -0.39 is 0 Å². The van der Waals surface area contributed by atoms with Crippen molar-refractivity contribution in [1.82, 2.24) is 0 Å². The van der Waals surface area contributed by atoms with E-state index >= 15 is 0 Å². The highest BCUT2D eigenvalue weighted by atomic mass is 79.9. The lowest BCUT2D eigenvalue weighted by molar-refractivity contribution is 1.80. The van der Waals surface area contributed by atoms with E-state index in [-0.39, 0.29) is 0 Å². The van der Waals surface area contributed by atoms with E-state index in [9.17, 15) is 0 Å². The van der Waals surface area contributed by atoms with E-state index in [1.54, 1.807) is 34.0 Å². The topological polar surface area (TPSA) is 0 Å². The van der Waals surface area contributed by atoms with Crippen LogP contribution < -0.4 is 0 Å². The van der Waals surface area contributed by atoms with Crippen molar-refractivity contribution < 1.29 is 0 Å². The van der Waals surface area contributed by atoms with Crippen LogP contribution in [0.3, 0.4) is 0 Å². The van der Waals surface area contributed by atoms with Gasteiger partial charge in [-0.05, 0) is 50.3 Å². The zero-order valence-corrected chi connectivity index (χ0v) is 15.6. The van der Waals surface area contributed by atoms with Crippen molar-refractivity contribution >= 4 is 61.3 Å². The van der Waals surface area contributed by atoms with Gasteiger partial charge >= 0.3 is 0 Å². The zero-order valence-electron chi connectivity index (χ0n) is 10.7. The second-order valence-corrected chi connectivity index (χ2v) is 9.04. The first-order valence-electron chi connectivity index (χ1n) is 6.28. The molecule has 104 valence electrons. The monoisotopic (exact) mass is 408 g/mol. The van der Waals surface area contributed by atoms with Gasteiger partial charge in [-0.3, -0.25) is 0 Å². The Hall–Kier alpha value is -0.720. The Morgan fingerprint density at radius 2 is 1.19 bits per heavy atom. The van der Waals surface area contributed by atoms with Crippen LogP contribution in [0.5, 0.6) is 0 Å². The maximum Gasteiger partial charge on any atom is 0.0598 e. The van der Waals surface area contributed by atoms with Crippen LogP contribution in [-0.2, 0) is 0 Å². The number of hydrogen-bond donors (Lipinski definition) is 0. The van der Waals surface area contributed by atoms with Crippen molar-refractivity contribution in [1.29, 1.82) is 0 Å². The summed E-state index contributed by atoms with van der Waals surface area (Å²) in [5.74, 6) is 0. The SMILES string of the molecule is Brc1c(-c2cccs2)sc(-c2cccs2)c1-c1cccs1. The summed E-state index contributed by atoms with van der Waals surface area (Å²) in [6.45, 7) is 0. The highest BCUT2D eigenvalue weighted by Gasteiger charge is 2.21. The quantitative estimate of drug-likeness (QED) is 0.325. The highest BCUT2D eigenvalue weighted by Crippen LogP contribution is 2.52. The maximum atomic E-state index is 3.86. The van der Waals surface area contributed by atoms with Crippen molar-refractivity contribution in [2.24, 2.45) is 0 Å². The molecular weight excluding hydrogens is 400 g/mol. The van der Waals surface area contributed by atoms with Gasteiger partial charge in [0.1, 0.15) is 0 Å². The van der Waals surface area contributed by atoms with Gasteiger partial charge in [-0.2, -0.15) is 0 Å². The molecule has 0 spiro atoms. The van der Waals surface area contributed by atoms with Crippen LogP contribution in [0.25, 0.3) is 29.9 Å². The van der Waals surface area contributed by atoms with Crippen LogP contribution in [0, 0.1) is 0 Å². The Balaban J connectivity index is 1.99. The summed E-state index contributed by atoms with van der Waals surface area (Å²) < 4.78 is 1.22. The first-order chi connectivity index (χ1) is 10.3. The number of thiophene rings is 4. The Morgan fingerprint density at radius 1 is 0.667 bits per heavy atom. The lowest BCUT2D eigenvalue weighted by Crippen LogP contribution is -1.73. The molecule has 4 aromatic heterocycles. The minimum absolute atomic E-state index is 1.22.